The fourth-order valence-electron chi connectivity index (χ4n) is 2.32. The van der Waals surface area contributed by atoms with Crippen molar-refractivity contribution in [2.24, 2.45) is 0 Å². The maximum Gasteiger partial charge on any atom is 0.416 e. The number of hydrogen-bond acceptors (Lipinski definition) is 3. The Morgan fingerprint density at radius 3 is 2.00 bits per heavy atom. The van der Waals surface area contributed by atoms with Gasteiger partial charge in [-0.3, -0.25) is 0 Å². The molecule has 0 saturated heterocycles. The van der Waals surface area contributed by atoms with Crippen molar-refractivity contribution >= 4 is 9.84 Å². The van der Waals surface area contributed by atoms with Crippen molar-refractivity contribution < 1.29 is 32.1 Å². The molecule has 24 heavy (non-hydrogen) atoms. The van der Waals surface area contributed by atoms with Crippen LogP contribution in [0.4, 0.5) is 13.2 Å². The lowest BCUT2D eigenvalue weighted by atomic mass is 10.1. The third-order valence-corrected chi connectivity index (χ3v) is 5.82. The van der Waals surface area contributed by atoms with E-state index in [9.17, 15) is 21.6 Å². The number of quaternary nitrogens is 1. The van der Waals surface area contributed by atoms with Crippen molar-refractivity contribution in [2.45, 2.75) is 16.3 Å². The van der Waals surface area contributed by atoms with Crippen molar-refractivity contribution in [3.8, 4) is 5.75 Å². The van der Waals surface area contributed by atoms with E-state index in [-0.39, 0.29) is 17.0 Å². The van der Waals surface area contributed by atoms with Crippen LogP contribution in [0.25, 0.3) is 0 Å². The predicted octanol–water partition coefficient (Wildman–Crippen LogP) is 2.47. The molecular weight excluding hydrogens is 343 g/mol. The summed E-state index contributed by atoms with van der Waals surface area (Å²) in [5.41, 5.74) is 3.08. The van der Waals surface area contributed by atoms with E-state index in [1.807, 2.05) is 0 Å². The Kier molecular flexibility index (Phi) is 5.19. The third-order valence-electron chi connectivity index (χ3n) is 3.63. The summed E-state index contributed by atoms with van der Waals surface area (Å²) in [5.74, 6) is 0.509. The van der Waals surface area contributed by atoms with Crippen LogP contribution in [-0.2, 0) is 16.0 Å². The second-order valence-corrected chi connectivity index (χ2v) is 7.25. The van der Waals surface area contributed by atoms with Crippen molar-refractivity contribution in [1.29, 1.82) is 0 Å². The molecule has 0 unspecified atom stereocenters. The van der Waals surface area contributed by atoms with E-state index in [0.717, 1.165) is 12.1 Å². The lowest BCUT2D eigenvalue weighted by Crippen LogP contribution is -2.54. The molecule has 1 atom stereocenters. The van der Waals surface area contributed by atoms with Gasteiger partial charge in [0, 0.05) is 0 Å². The quantitative estimate of drug-likeness (QED) is 0.890. The Balaban J connectivity index is 2.38. The molecular formula is C16H17F3NO3S+. The van der Waals surface area contributed by atoms with Crippen LogP contribution in [0.1, 0.15) is 16.4 Å². The molecule has 2 rings (SSSR count). The Hall–Kier alpha value is -2.06. The summed E-state index contributed by atoms with van der Waals surface area (Å²) in [6.45, 7) is -0.000271. The van der Waals surface area contributed by atoms with Gasteiger partial charge in [0.1, 0.15) is 11.0 Å². The summed E-state index contributed by atoms with van der Waals surface area (Å²) < 4.78 is 68.4. The monoisotopic (exact) mass is 360 g/mol. The van der Waals surface area contributed by atoms with Gasteiger partial charge in [-0.1, -0.05) is 12.1 Å². The van der Waals surface area contributed by atoms with Gasteiger partial charge in [-0.05, 0) is 42.0 Å². The van der Waals surface area contributed by atoms with Crippen LogP contribution in [0.15, 0.2) is 53.4 Å². The van der Waals surface area contributed by atoms with E-state index in [0.29, 0.717) is 5.75 Å². The van der Waals surface area contributed by atoms with Crippen LogP contribution in [0.3, 0.4) is 0 Å². The molecule has 0 amide bonds. The van der Waals surface area contributed by atoms with Crippen LogP contribution in [0, 0.1) is 0 Å². The Labute approximate surface area is 138 Å². The molecule has 0 saturated carbocycles. The highest BCUT2D eigenvalue weighted by Crippen LogP contribution is 2.33. The number of sulfone groups is 1. The highest BCUT2D eigenvalue weighted by Gasteiger charge is 2.33. The Bertz CT molecular complexity index is 785. The van der Waals surface area contributed by atoms with Gasteiger partial charge in [-0.15, -0.1) is 0 Å². The average Bonchev–Trinajstić information content (AvgIpc) is 2.55. The third kappa shape index (κ3) is 3.70. The average molecular weight is 360 g/mol. The molecule has 2 aromatic rings. The van der Waals surface area contributed by atoms with Crippen LogP contribution in [0.2, 0.25) is 0 Å². The van der Waals surface area contributed by atoms with E-state index >= 15 is 0 Å². The molecule has 0 aliphatic heterocycles. The summed E-state index contributed by atoms with van der Waals surface area (Å²) in [6, 6.07) is 9.95. The largest absolute Gasteiger partial charge is 0.497 e. The first-order chi connectivity index (χ1) is 11.2. The topological polar surface area (TPSA) is 71.0 Å². The minimum absolute atomic E-state index is 0.000271. The fraction of sp³-hybridized carbons (Fsp3) is 0.250. The van der Waals surface area contributed by atoms with E-state index in [1.165, 1.54) is 43.5 Å². The second kappa shape index (κ2) is 6.82. The molecule has 0 aliphatic rings. The predicted molar refractivity (Wildman–Crippen MR) is 82.1 cm³/mol. The fourth-order valence-corrected chi connectivity index (χ4v) is 3.99. The van der Waals surface area contributed by atoms with Crippen molar-refractivity contribution in [3.05, 3.63) is 59.7 Å². The van der Waals surface area contributed by atoms with Gasteiger partial charge in [0.2, 0.25) is 0 Å². The van der Waals surface area contributed by atoms with Crippen LogP contribution >= 0.6 is 0 Å². The van der Waals surface area contributed by atoms with Crippen LogP contribution in [0.5, 0.6) is 5.75 Å². The van der Waals surface area contributed by atoms with Gasteiger partial charge in [0.15, 0.2) is 9.84 Å². The van der Waals surface area contributed by atoms with Crippen LogP contribution < -0.4 is 10.5 Å². The summed E-state index contributed by atoms with van der Waals surface area (Å²) in [5, 5.41) is -1.02. The zero-order valence-electron chi connectivity index (χ0n) is 12.9. The molecule has 2 aromatic carbocycles. The number of alkyl halides is 3. The number of halogens is 3. The molecule has 0 heterocycles. The molecule has 0 bridgehead atoms. The minimum atomic E-state index is -4.46. The zero-order valence-corrected chi connectivity index (χ0v) is 13.7. The lowest BCUT2D eigenvalue weighted by molar-refractivity contribution is -0.367. The van der Waals surface area contributed by atoms with Gasteiger partial charge in [-0.25, -0.2) is 8.42 Å². The first kappa shape index (κ1) is 18.3. The van der Waals surface area contributed by atoms with E-state index in [2.05, 4.69) is 5.73 Å². The standard InChI is InChI=1S/C16H16F3NO3S/c1-23-13-6-8-14(9-7-13)24(21,22)15(10-20)11-2-4-12(5-3-11)16(17,18)19/h2-9,15H,10,20H2,1H3/p+1/t15-/m1/s1. The zero-order chi connectivity index (χ0) is 18.0. The Morgan fingerprint density at radius 1 is 1.04 bits per heavy atom. The van der Waals surface area contributed by atoms with Gasteiger partial charge in [0.05, 0.1) is 24.1 Å². The highest BCUT2D eigenvalue weighted by molar-refractivity contribution is 7.91. The summed E-state index contributed by atoms with van der Waals surface area (Å²) in [4.78, 5) is 0.0665. The molecule has 0 aliphatic carbocycles. The first-order valence-electron chi connectivity index (χ1n) is 7.04. The van der Waals surface area contributed by atoms with Gasteiger partial charge >= 0.3 is 6.18 Å². The summed E-state index contributed by atoms with van der Waals surface area (Å²) in [7, 11) is -2.31. The van der Waals surface area contributed by atoms with Crippen molar-refractivity contribution in [1.82, 2.24) is 0 Å². The molecule has 4 nitrogen and oxygen atoms in total. The van der Waals surface area contributed by atoms with E-state index in [1.54, 1.807) is 0 Å². The van der Waals surface area contributed by atoms with Gasteiger partial charge < -0.3 is 10.5 Å². The maximum atomic E-state index is 12.7. The molecule has 130 valence electrons. The van der Waals surface area contributed by atoms with Gasteiger partial charge in [0.25, 0.3) is 0 Å². The van der Waals surface area contributed by atoms with Crippen molar-refractivity contribution in [3.63, 3.8) is 0 Å². The number of hydrogen-bond donors (Lipinski definition) is 1. The Morgan fingerprint density at radius 2 is 1.58 bits per heavy atom. The second-order valence-electron chi connectivity index (χ2n) is 5.12. The van der Waals surface area contributed by atoms with Crippen LogP contribution in [-0.4, -0.2) is 22.1 Å². The normalized spacial score (nSPS) is 13.5. The molecule has 8 heteroatoms. The summed E-state index contributed by atoms with van der Waals surface area (Å²) in [6.07, 6.45) is -4.46. The minimum Gasteiger partial charge on any atom is -0.497 e. The number of benzene rings is 2. The molecule has 3 N–H and O–H groups in total. The SMILES string of the molecule is COc1ccc(S(=O)(=O)[C@H](C[NH3+])c2ccc(C(F)(F)F)cc2)cc1. The van der Waals surface area contributed by atoms with Gasteiger partial charge in [-0.2, -0.15) is 13.2 Å². The number of rotatable bonds is 5. The molecule has 0 aromatic heterocycles. The first-order valence-corrected chi connectivity index (χ1v) is 8.59. The smallest absolute Gasteiger partial charge is 0.416 e. The maximum absolute atomic E-state index is 12.7. The van der Waals surface area contributed by atoms with Crippen molar-refractivity contribution in [2.75, 3.05) is 13.7 Å². The number of methoxy groups -OCH3 is 1. The molecule has 0 spiro atoms. The number of ether oxygens (including phenoxy) is 1. The molecule has 0 radical (unpaired) electrons. The summed E-state index contributed by atoms with van der Waals surface area (Å²) >= 11 is 0. The lowest BCUT2D eigenvalue weighted by Gasteiger charge is -2.16. The molecule has 0 fully saturated rings. The van der Waals surface area contributed by atoms with E-state index in [4.69, 9.17) is 4.74 Å². The highest BCUT2D eigenvalue weighted by atomic mass is 32.2. The van der Waals surface area contributed by atoms with E-state index < -0.39 is 26.8 Å².